The maximum Gasteiger partial charge on any atom is 0.222 e. The zero-order chi connectivity index (χ0) is 19.3. The van der Waals surface area contributed by atoms with Gasteiger partial charge in [-0.15, -0.1) is 0 Å². The Labute approximate surface area is 167 Å². The van der Waals surface area contributed by atoms with E-state index < -0.39 is 0 Å². The average Bonchev–Trinajstić information content (AvgIpc) is 2.75. The summed E-state index contributed by atoms with van der Waals surface area (Å²) in [7, 11) is 0. The normalized spacial score (nSPS) is 18.3. The Morgan fingerprint density at radius 2 is 1.71 bits per heavy atom. The predicted molar refractivity (Wildman–Crippen MR) is 112 cm³/mol. The molecule has 2 aliphatic rings. The van der Waals surface area contributed by atoms with Crippen LogP contribution in [0.5, 0.6) is 0 Å². The number of amides is 1. The largest absolute Gasteiger partial charge is 0.353 e. The molecule has 0 spiro atoms. The van der Waals surface area contributed by atoms with E-state index in [1.807, 2.05) is 25.1 Å². The van der Waals surface area contributed by atoms with E-state index in [4.69, 9.17) is 0 Å². The molecule has 0 N–H and O–H groups in total. The topological polar surface area (TPSA) is 49.3 Å². The van der Waals surface area contributed by atoms with Gasteiger partial charge in [0.05, 0.1) is 5.69 Å². The quantitative estimate of drug-likeness (QED) is 0.805. The summed E-state index contributed by atoms with van der Waals surface area (Å²) in [6.45, 7) is 5.19. The highest BCUT2D eigenvalue weighted by atomic mass is 16.2. The van der Waals surface area contributed by atoms with E-state index in [2.05, 4.69) is 38.0 Å². The summed E-state index contributed by atoms with van der Waals surface area (Å²) in [5.74, 6) is 2.70. The van der Waals surface area contributed by atoms with Crippen LogP contribution in [0.4, 0.5) is 5.82 Å². The van der Waals surface area contributed by atoms with Crippen LogP contribution in [0.2, 0.25) is 0 Å². The Kier molecular flexibility index (Phi) is 5.89. The van der Waals surface area contributed by atoms with Crippen LogP contribution >= 0.6 is 0 Å². The van der Waals surface area contributed by atoms with Crippen molar-refractivity contribution in [2.75, 3.05) is 31.1 Å². The zero-order valence-electron chi connectivity index (χ0n) is 16.8. The number of rotatable bonds is 4. The van der Waals surface area contributed by atoms with Crippen LogP contribution < -0.4 is 4.90 Å². The van der Waals surface area contributed by atoms with Gasteiger partial charge in [0.25, 0.3) is 0 Å². The highest BCUT2D eigenvalue weighted by Crippen LogP contribution is 2.27. The summed E-state index contributed by atoms with van der Waals surface area (Å²) in [5.41, 5.74) is 2.06. The van der Waals surface area contributed by atoms with Gasteiger partial charge in [-0.3, -0.25) is 4.79 Å². The Hall–Kier alpha value is -2.43. The average molecular weight is 379 g/mol. The first-order chi connectivity index (χ1) is 13.7. The van der Waals surface area contributed by atoms with Crippen LogP contribution in [0.1, 0.15) is 44.3 Å². The second-order valence-electron chi connectivity index (χ2n) is 8.10. The minimum absolute atomic E-state index is 0.343. The molecule has 1 amide bonds. The smallest absolute Gasteiger partial charge is 0.222 e. The van der Waals surface area contributed by atoms with Crippen molar-refractivity contribution in [2.45, 2.75) is 45.4 Å². The Balaban J connectivity index is 1.38. The molecule has 0 atom stereocenters. The number of nitrogens with zero attached hydrogens (tertiary/aromatic N) is 4. The minimum Gasteiger partial charge on any atom is -0.353 e. The van der Waals surface area contributed by atoms with Crippen molar-refractivity contribution in [3.63, 3.8) is 0 Å². The van der Waals surface area contributed by atoms with Gasteiger partial charge in [-0.1, -0.05) is 49.6 Å². The molecule has 4 rings (SSSR count). The van der Waals surface area contributed by atoms with Crippen molar-refractivity contribution in [3.05, 3.63) is 42.2 Å². The lowest BCUT2D eigenvalue weighted by atomic mass is 9.86. The number of aryl methyl sites for hydroxylation is 1. The van der Waals surface area contributed by atoms with Crippen LogP contribution in [-0.2, 0) is 4.79 Å². The molecular weight excluding hydrogens is 348 g/mol. The van der Waals surface area contributed by atoms with Gasteiger partial charge in [-0.25, -0.2) is 9.97 Å². The Morgan fingerprint density at radius 1 is 1.00 bits per heavy atom. The fourth-order valence-corrected chi connectivity index (χ4v) is 4.42. The van der Waals surface area contributed by atoms with Crippen molar-refractivity contribution in [3.8, 4) is 11.3 Å². The van der Waals surface area contributed by atoms with E-state index in [1.54, 1.807) is 0 Å². The molecule has 0 unspecified atom stereocenters. The lowest BCUT2D eigenvalue weighted by Crippen LogP contribution is -2.49. The third-order valence-corrected chi connectivity index (χ3v) is 6.04. The summed E-state index contributed by atoms with van der Waals surface area (Å²) in [6, 6.07) is 12.3. The number of hydrogen-bond donors (Lipinski definition) is 0. The van der Waals surface area contributed by atoms with Gasteiger partial charge >= 0.3 is 0 Å². The van der Waals surface area contributed by atoms with E-state index in [0.29, 0.717) is 11.8 Å². The molecule has 148 valence electrons. The van der Waals surface area contributed by atoms with Crippen LogP contribution in [-0.4, -0.2) is 47.0 Å². The lowest BCUT2D eigenvalue weighted by Gasteiger charge is -2.36. The molecule has 2 fully saturated rings. The van der Waals surface area contributed by atoms with E-state index in [1.165, 1.54) is 32.1 Å². The minimum atomic E-state index is 0.343. The van der Waals surface area contributed by atoms with E-state index >= 15 is 0 Å². The second kappa shape index (κ2) is 8.72. The number of anilines is 1. The van der Waals surface area contributed by atoms with Gasteiger partial charge in [-0.05, 0) is 25.7 Å². The molecule has 1 aromatic carbocycles. The first-order valence-corrected chi connectivity index (χ1v) is 10.6. The lowest BCUT2D eigenvalue weighted by molar-refractivity contribution is -0.132. The van der Waals surface area contributed by atoms with E-state index in [0.717, 1.165) is 55.5 Å². The van der Waals surface area contributed by atoms with Crippen LogP contribution in [0.15, 0.2) is 36.4 Å². The standard InChI is InChI=1S/C23H30N4O/c1-18-24-21(20-10-6-3-7-11-20)17-22(25-18)26-12-14-27(15-13-26)23(28)16-19-8-4-2-5-9-19/h3,6-7,10-11,17,19H,2,4-5,8-9,12-16H2,1H3. The van der Waals surface area contributed by atoms with Gasteiger partial charge in [0, 0.05) is 44.2 Å². The number of hydrogen-bond acceptors (Lipinski definition) is 4. The van der Waals surface area contributed by atoms with E-state index in [-0.39, 0.29) is 0 Å². The molecule has 0 radical (unpaired) electrons. The van der Waals surface area contributed by atoms with Gasteiger partial charge < -0.3 is 9.80 Å². The highest BCUT2D eigenvalue weighted by molar-refractivity contribution is 5.76. The Bertz CT molecular complexity index is 794. The van der Waals surface area contributed by atoms with Crippen molar-refractivity contribution >= 4 is 11.7 Å². The molecule has 5 nitrogen and oxygen atoms in total. The third-order valence-electron chi connectivity index (χ3n) is 6.04. The van der Waals surface area contributed by atoms with Crippen molar-refractivity contribution in [2.24, 2.45) is 5.92 Å². The molecule has 2 aromatic rings. The van der Waals surface area contributed by atoms with Crippen molar-refractivity contribution < 1.29 is 4.79 Å². The first-order valence-electron chi connectivity index (χ1n) is 10.6. The molecule has 1 saturated heterocycles. The summed E-state index contributed by atoms with van der Waals surface area (Å²) in [5, 5.41) is 0. The van der Waals surface area contributed by atoms with Gasteiger partial charge in [0.1, 0.15) is 11.6 Å². The van der Waals surface area contributed by atoms with Gasteiger partial charge in [0.15, 0.2) is 0 Å². The number of aromatic nitrogens is 2. The molecule has 2 heterocycles. The molecule has 0 bridgehead atoms. The third kappa shape index (κ3) is 4.51. The van der Waals surface area contributed by atoms with E-state index in [9.17, 15) is 4.79 Å². The summed E-state index contributed by atoms with van der Waals surface area (Å²) < 4.78 is 0. The maximum atomic E-state index is 12.7. The zero-order valence-corrected chi connectivity index (χ0v) is 16.8. The SMILES string of the molecule is Cc1nc(-c2ccccc2)cc(N2CCN(C(=O)CC3CCCCC3)CC2)n1. The summed E-state index contributed by atoms with van der Waals surface area (Å²) in [4.78, 5) is 26.3. The first kappa shape index (κ1) is 18.9. The molecule has 1 saturated carbocycles. The van der Waals surface area contributed by atoms with Crippen LogP contribution in [0.3, 0.4) is 0 Å². The van der Waals surface area contributed by atoms with Crippen molar-refractivity contribution in [1.29, 1.82) is 0 Å². The fraction of sp³-hybridized carbons (Fsp3) is 0.522. The second-order valence-corrected chi connectivity index (χ2v) is 8.10. The molecule has 1 aliphatic carbocycles. The van der Waals surface area contributed by atoms with Crippen LogP contribution in [0.25, 0.3) is 11.3 Å². The van der Waals surface area contributed by atoms with Gasteiger partial charge in [-0.2, -0.15) is 0 Å². The number of piperazine rings is 1. The van der Waals surface area contributed by atoms with Crippen LogP contribution in [0, 0.1) is 12.8 Å². The monoisotopic (exact) mass is 378 g/mol. The molecule has 28 heavy (non-hydrogen) atoms. The van der Waals surface area contributed by atoms with Crippen molar-refractivity contribution in [1.82, 2.24) is 14.9 Å². The summed E-state index contributed by atoms with van der Waals surface area (Å²) in [6.07, 6.45) is 7.13. The predicted octanol–water partition coefficient (Wildman–Crippen LogP) is 4.07. The summed E-state index contributed by atoms with van der Waals surface area (Å²) >= 11 is 0. The molecule has 1 aromatic heterocycles. The molecule has 5 heteroatoms. The molecule has 1 aliphatic heterocycles. The maximum absolute atomic E-state index is 12.7. The molecular formula is C23H30N4O. The number of benzene rings is 1. The number of carbonyl (C=O) groups excluding carboxylic acids is 1. The van der Waals surface area contributed by atoms with Gasteiger partial charge in [0.2, 0.25) is 5.91 Å². The number of carbonyl (C=O) groups is 1. The fourth-order valence-electron chi connectivity index (χ4n) is 4.42. The highest BCUT2D eigenvalue weighted by Gasteiger charge is 2.25. The Morgan fingerprint density at radius 3 is 2.43 bits per heavy atom.